The van der Waals surface area contributed by atoms with E-state index in [9.17, 15) is 9.90 Å². The molecule has 4 nitrogen and oxygen atoms in total. The van der Waals surface area contributed by atoms with Crippen molar-refractivity contribution in [1.82, 2.24) is 4.90 Å². The number of carbonyl (C=O) groups is 1. The molecule has 1 saturated carbocycles. The molecule has 0 unspecified atom stereocenters. The molecule has 0 amide bonds. The summed E-state index contributed by atoms with van der Waals surface area (Å²) in [6.45, 7) is 8.46. The van der Waals surface area contributed by atoms with Crippen LogP contribution in [0.2, 0.25) is 0 Å². The molecule has 3 rings (SSSR count). The zero-order chi connectivity index (χ0) is 20.7. The number of halogens is 1. The van der Waals surface area contributed by atoms with Gasteiger partial charge in [-0.25, -0.2) is 4.79 Å². The molecule has 0 saturated heterocycles. The molecule has 1 aliphatic carbocycles. The van der Waals surface area contributed by atoms with Gasteiger partial charge in [0, 0.05) is 16.9 Å². The number of carbonyl (C=O) groups excluding carboxylic acids is 1. The van der Waals surface area contributed by atoms with Crippen LogP contribution in [0, 0.1) is 10.8 Å². The molecular formula is C24H32ClNO3. The normalized spacial score (nSPS) is 22.3. The van der Waals surface area contributed by atoms with Gasteiger partial charge in [0.15, 0.2) is 0 Å². The number of aliphatic hydroxyl groups is 1. The Morgan fingerprint density at radius 3 is 1.62 bits per heavy atom. The fraction of sp³-hybridized carbons (Fsp3) is 0.458. The van der Waals surface area contributed by atoms with E-state index in [0.717, 1.165) is 0 Å². The molecule has 2 aromatic rings. The molecule has 1 aliphatic rings. The lowest BCUT2D eigenvalue weighted by Crippen LogP contribution is -2.73. The second-order valence-corrected chi connectivity index (χ2v) is 9.24. The van der Waals surface area contributed by atoms with Crippen LogP contribution in [-0.2, 0) is 15.1 Å². The predicted molar refractivity (Wildman–Crippen MR) is 118 cm³/mol. The molecule has 0 heterocycles. The van der Waals surface area contributed by atoms with E-state index in [-0.39, 0.29) is 35.4 Å². The average molecular weight is 418 g/mol. The topological polar surface area (TPSA) is 49.8 Å². The van der Waals surface area contributed by atoms with Crippen molar-refractivity contribution in [2.24, 2.45) is 10.8 Å². The molecule has 0 radical (unpaired) electrons. The van der Waals surface area contributed by atoms with Crippen LogP contribution in [0.4, 0.5) is 0 Å². The monoisotopic (exact) mass is 417 g/mol. The number of esters is 1. The lowest BCUT2D eigenvalue weighted by atomic mass is 9.49. The van der Waals surface area contributed by atoms with Crippen molar-refractivity contribution < 1.29 is 14.6 Å². The number of ether oxygens (including phenoxy) is 1. The maximum atomic E-state index is 13.4. The standard InChI is InChI=1S/C24H31NO3.ClH/c1-22(2)19(25(5)6)23(3,4)20(22)28-21(26)24(27,17-13-9-7-10-14-17)18-15-11-8-12-16-18;/h7-16,19-20,27H,1-6H3;1H. The van der Waals surface area contributed by atoms with E-state index in [2.05, 4.69) is 46.7 Å². The minimum absolute atomic E-state index is 0. The molecule has 5 heteroatoms. The molecule has 29 heavy (non-hydrogen) atoms. The molecule has 0 aromatic heterocycles. The predicted octanol–water partition coefficient (Wildman–Crippen LogP) is 4.25. The van der Waals surface area contributed by atoms with Crippen LogP contribution in [0.25, 0.3) is 0 Å². The van der Waals surface area contributed by atoms with Gasteiger partial charge in [0.2, 0.25) is 5.60 Å². The van der Waals surface area contributed by atoms with Gasteiger partial charge in [-0.05, 0) is 25.2 Å². The summed E-state index contributed by atoms with van der Waals surface area (Å²) in [5.41, 5.74) is -1.29. The van der Waals surface area contributed by atoms with Crippen LogP contribution in [-0.4, -0.2) is 42.2 Å². The summed E-state index contributed by atoms with van der Waals surface area (Å²) in [4.78, 5) is 15.6. The highest BCUT2D eigenvalue weighted by molar-refractivity contribution is 5.86. The van der Waals surface area contributed by atoms with Gasteiger partial charge in [0.1, 0.15) is 6.10 Å². The Kier molecular flexibility index (Phi) is 6.53. The second kappa shape index (κ2) is 8.10. The van der Waals surface area contributed by atoms with Crippen molar-refractivity contribution in [2.75, 3.05) is 14.1 Å². The fourth-order valence-electron chi connectivity index (χ4n) is 5.70. The summed E-state index contributed by atoms with van der Waals surface area (Å²) in [6.07, 6.45) is -0.307. The van der Waals surface area contributed by atoms with Crippen molar-refractivity contribution >= 4 is 18.4 Å². The molecule has 158 valence electrons. The quantitative estimate of drug-likeness (QED) is 0.739. The smallest absolute Gasteiger partial charge is 0.348 e. The molecule has 0 atom stereocenters. The van der Waals surface area contributed by atoms with E-state index in [0.29, 0.717) is 11.1 Å². The van der Waals surface area contributed by atoms with Crippen molar-refractivity contribution in [3.63, 3.8) is 0 Å². The number of nitrogens with zero attached hydrogens (tertiary/aromatic N) is 1. The Morgan fingerprint density at radius 1 is 0.897 bits per heavy atom. The van der Waals surface area contributed by atoms with Crippen molar-refractivity contribution in [3.8, 4) is 0 Å². The van der Waals surface area contributed by atoms with E-state index >= 15 is 0 Å². The largest absolute Gasteiger partial charge is 0.458 e. The van der Waals surface area contributed by atoms with Crippen LogP contribution < -0.4 is 0 Å². The van der Waals surface area contributed by atoms with Gasteiger partial charge >= 0.3 is 5.97 Å². The number of rotatable bonds is 5. The van der Waals surface area contributed by atoms with Gasteiger partial charge in [0.05, 0.1) is 0 Å². The SMILES string of the molecule is CN(C)C1C(C)(C)C(OC(=O)C(O)(c2ccccc2)c2ccccc2)C1(C)C.Cl. The summed E-state index contributed by atoms with van der Waals surface area (Å²) in [7, 11) is 4.10. The fourth-order valence-corrected chi connectivity index (χ4v) is 5.70. The zero-order valence-electron chi connectivity index (χ0n) is 18.0. The lowest BCUT2D eigenvalue weighted by molar-refractivity contribution is -0.242. The average Bonchev–Trinajstić information content (AvgIpc) is 2.65. The van der Waals surface area contributed by atoms with E-state index < -0.39 is 11.6 Å². The van der Waals surface area contributed by atoms with Gasteiger partial charge in [-0.15, -0.1) is 12.4 Å². The first-order valence-corrected chi connectivity index (χ1v) is 9.75. The highest BCUT2D eigenvalue weighted by atomic mass is 35.5. The number of benzene rings is 2. The van der Waals surface area contributed by atoms with E-state index in [1.165, 1.54) is 0 Å². The Bertz CT molecular complexity index is 778. The molecule has 1 N–H and O–H groups in total. The number of hydrogen-bond acceptors (Lipinski definition) is 4. The highest BCUT2D eigenvalue weighted by Crippen LogP contribution is 2.57. The van der Waals surface area contributed by atoms with Crippen LogP contribution in [0.3, 0.4) is 0 Å². The Hall–Kier alpha value is -1.88. The van der Waals surface area contributed by atoms with Crippen molar-refractivity contribution in [1.29, 1.82) is 0 Å². The van der Waals surface area contributed by atoms with Gasteiger partial charge in [-0.1, -0.05) is 88.4 Å². The molecule has 0 spiro atoms. The Labute approximate surface area is 180 Å². The van der Waals surface area contributed by atoms with Crippen LogP contribution in [0.1, 0.15) is 38.8 Å². The maximum absolute atomic E-state index is 13.4. The summed E-state index contributed by atoms with van der Waals surface area (Å²) in [5, 5.41) is 11.6. The second-order valence-electron chi connectivity index (χ2n) is 9.24. The minimum Gasteiger partial charge on any atom is -0.458 e. The maximum Gasteiger partial charge on any atom is 0.348 e. The van der Waals surface area contributed by atoms with Gasteiger partial charge in [-0.2, -0.15) is 0 Å². The van der Waals surface area contributed by atoms with Crippen LogP contribution in [0.5, 0.6) is 0 Å². The third-order valence-corrected chi connectivity index (χ3v) is 6.18. The van der Waals surface area contributed by atoms with Crippen molar-refractivity contribution in [2.45, 2.75) is 45.4 Å². The molecule has 0 aliphatic heterocycles. The summed E-state index contributed by atoms with van der Waals surface area (Å²) in [6, 6.07) is 18.3. The molecule has 0 bridgehead atoms. The zero-order valence-corrected chi connectivity index (χ0v) is 18.9. The van der Waals surface area contributed by atoms with E-state index in [1.807, 2.05) is 36.4 Å². The highest BCUT2D eigenvalue weighted by Gasteiger charge is 2.65. The number of hydrogen-bond donors (Lipinski definition) is 1. The summed E-state index contributed by atoms with van der Waals surface area (Å²) < 4.78 is 6.06. The molecular weight excluding hydrogens is 386 g/mol. The first kappa shape index (κ1) is 23.4. The molecule has 1 fully saturated rings. The van der Waals surface area contributed by atoms with Crippen LogP contribution in [0.15, 0.2) is 60.7 Å². The summed E-state index contributed by atoms with van der Waals surface area (Å²) >= 11 is 0. The minimum atomic E-state index is -1.85. The van der Waals surface area contributed by atoms with Crippen molar-refractivity contribution in [3.05, 3.63) is 71.8 Å². The van der Waals surface area contributed by atoms with E-state index in [4.69, 9.17) is 4.74 Å². The van der Waals surface area contributed by atoms with Crippen LogP contribution >= 0.6 is 12.4 Å². The third-order valence-electron chi connectivity index (χ3n) is 6.18. The Morgan fingerprint density at radius 2 is 1.28 bits per heavy atom. The van der Waals surface area contributed by atoms with Gasteiger partial charge in [0.25, 0.3) is 0 Å². The molecule has 2 aromatic carbocycles. The Balaban J connectivity index is 0.00000300. The first-order valence-electron chi connectivity index (χ1n) is 9.75. The summed E-state index contributed by atoms with van der Waals surface area (Å²) in [5.74, 6) is -0.631. The van der Waals surface area contributed by atoms with Gasteiger partial charge in [-0.3, -0.25) is 0 Å². The van der Waals surface area contributed by atoms with Gasteiger partial charge < -0.3 is 14.7 Å². The third kappa shape index (κ3) is 3.70. The first-order chi connectivity index (χ1) is 13.0. The lowest BCUT2D eigenvalue weighted by Gasteiger charge is -2.65. The van der Waals surface area contributed by atoms with E-state index in [1.54, 1.807) is 24.3 Å².